The molecule has 7 heteroatoms. The molecule has 0 aromatic carbocycles. The maximum Gasteiger partial charge on any atom is 1.00 e. The predicted molar refractivity (Wildman–Crippen MR) is 23.0 cm³/mol. The normalized spacial score (nSPS) is 3.43. The summed E-state index contributed by atoms with van der Waals surface area (Å²) >= 11 is 0. The maximum atomic E-state index is 8.74. The number of rotatable bonds is 0. The SMILES string of the molecule is O=[Si](O)O.[AlH3].[H-].[H-].[K+].[Na+]. The molecule has 0 rings (SSSR count). The smallest absolute Gasteiger partial charge is 1.00 e. The van der Waals surface area contributed by atoms with Crippen LogP contribution in [0.5, 0.6) is 0 Å². The van der Waals surface area contributed by atoms with Crippen molar-refractivity contribution in [3.63, 3.8) is 0 Å². The third-order valence-corrected chi connectivity index (χ3v) is 0. The Morgan fingerprint density at radius 1 is 1.43 bits per heavy atom. The van der Waals surface area contributed by atoms with Gasteiger partial charge in [0.05, 0.1) is 0 Å². The molecule has 0 spiro atoms. The molecule has 0 atom stereocenters. The summed E-state index contributed by atoms with van der Waals surface area (Å²) in [6.07, 6.45) is 0. The molecule has 0 unspecified atom stereocenters. The third-order valence-electron chi connectivity index (χ3n) is 0. The molecule has 3 nitrogen and oxygen atoms in total. The first-order valence-corrected chi connectivity index (χ1v) is 1.95. The monoisotopic (exact) mass is 172 g/mol. The summed E-state index contributed by atoms with van der Waals surface area (Å²) in [5.41, 5.74) is 0. The van der Waals surface area contributed by atoms with Crippen molar-refractivity contribution >= 4 is 26.5 Å². The zero-order valence-corrected chi connectivity index (χ0v) is 9.93. The van der Waals surface area contributed by atoms with Gasteiger partial charge in [-0.1, -0.05) is 0 Å². The summed E-state index contributed by atoms with van der Waals surface area (Å²) in [6.45, 7) is 0. The van der Waals surface area contributed by atoms with E-state index in [-0.39, 0.29) is 101 Å². The van der Waals surface area contributed by atoms with Gasteiger partial charge >= 0.3 is 90.1 Å². The van der Waals surface area contributed by atoms with Crippen LogP contribution in [-0.4, -0.2) is 36.1 Å². The van der Waals surface area contributed by atoms with Gasteiger partial charge in [0.1, 0.15) is 0 Å². The summed E-state index contributed by atoms with van der Waals surface area (Å²) in [5.74, 6) is 0. The average molecular weight is 172 g/mol. The molecule has 0 saturated heterocycles. The Morgan fingerprint density at radius 3 is 1.43 bits per heavy atom. The Kier molecular flexibility index (Phi) is 51.3. The van der Waals surface area contributed by atoms with Crippen LogP contribution in [0.4, 0.5) is 0 Å². The van der Waals surface area contributed by atoms with E-state index >= 15 is 0 Å². The van der Waals surface area contributed by atoms with Gasteiger partial charge in [-0.3, -0.25) is 4.46 Å². The maximum absolute atomic E-state index is 8.74. The third kappa shape index (κ3) is 52.1. The average Bonchev–Trinajstić information content (AvgIpc) is 0.811. The summed E-state index contributed by atoms with van der Waals surface area (Å²) < 4.78 is 8.74. The van der Waals surface area contributed by atoms with Gasteiger partial charge in [-0.05, 0) is 0 Å². The van der Waals surface area contributed by atoms with Crippen LogP contribution in [-0.2, 0) is 4.46 Å². The van der Waals surface area contributed by atoms with Crippen LogP contribution in [0, 0.1) is 0 Å². The minimum absolute atomic E-state index is 0. The fourth-order valence-electron chi connectivity index (χ4n) is 0. The van der Waals surface area contributed by atoms with Gasteiger partial charge in [0.2, 0.25) is 0 Å². The molecule has 0 heterocycles. The van der Waals surface area contributed by atoms with E-state index in [0.29, 0.717) is 0 Å². The minimum atomic E-state index is -3.13. The number of hydrogen-bond donors (Lipinski definition) is 2. The standard InChI is InChI=1S/Al.K.Na.H2O3Si.5H/c;;;1-4(2)3;;;;;/h;;;1-2H;;;;;/q;2*+1;;;;;2*-1. The Morgan fingerprint density at radius 2 is 1.43 bits per heavy atom. The van der Waals surface area contributed by atoms with Crippen LogP contribution < -0.4 is 80.9 Å². The van der Waals surface area contributed by atoms with E-state index in [1.54, 1.807) is 0 Å². The molecule has 0 aromatic rings. The Balaban J connectivity index is -0.00000000450. The summed E-state index contributed by atoms with van der Waals surface area (Å²) in [5, 5.41) is 0. The van der Waals surface area contributed by atoms with Crippen LogP contribution in [0.1, 0.15) is 2.85 Å². The molecular weight excluding hydrogens is 165 g/mol. The summed E-state index contributed by atoms with van der Waals surface area (Å²) in [6, 6.07) is 0. The second kappa shape index (κ2) is 15.9. The quantitative estimate of drug-likeness (QED) is 0.357. The van der Waals surface area contributed by atoms with Crippen molar-refractivity contribution in [1.82, 2.24) is 0 Å². The van der Waals surface area contributed by atoms with Crippen LogP contribution in [0.2, 0.25) is 0 Å². The van der Waals surface area contributed by atoms with E-state index in [2.05, 4.69) is 0 Å². The molecule has 7 heavy (non-hydrogen) atoms. The molecule has 0 bridgehead atoms. The predicted octanol–water partition coefficient (Wildman–Crippen LogP) is -8.56. The largest absolute Gasteiger partial charge is 1.00 e. The molecule has 0 aliphatic carbocycles. The molecule has 0 amide bonds. The van der Waals surface area contributed by atoms with Gasteiger partial charge in [-0.25, -0.2) is 0 Å². The first kappa shape index (κ1) is 22.6. The van der Waals surface area contributed by atoms with E-state index in [0.717, 1.165) is 0 Å². The Hall–Kier alpha value is 2.79. The summed E-state index contributed by atoms with van der Waals surface area (Å²) in [7, 11) is -3.13. The van der Waals surface area contributed by atoms with E-state index in [1.807, 2.05) is 0 Å². The van der Waals surface area contributed by atoms with E-state index in [9.17, 15) is 0 Å². The molecule has 0 aliphatic heterocycles. The van der Waals surface area contributed by atoms with Gasteiger partial charge in [0.15, 0.2) is 17.4 Å². The van der Waals surface area contributed by atoms with Gasteiger partial charge in [-0.2, -0.15) is 0 Å². The topological polar surface area (TPSA) is 57.5 Å². The van der Waals surface area contributed by atoms with Gasteiger partial charge in [0, 0.05) is 0 Å². The van der Waals surface area contributed by atoms with Crippen LogP contribution in [0.3, 0.4) is 0 Å². The Bertz CT molecular complexity index is 44.8. The first-order chi connectivity index (χ1) is 1.73. The van der Waals surface area contributed by atoms with Crippen molar-refractivity contribution in [2.75, 3.05) is 0 Å². The second-order valence-corrected chi connectivity index (χ2v) is 0.848. The molecule has 2 N–H and O–H groups in total. The Labute approximate surface area is 122 Å². The van der Waals surface area contributed by atoms with Crippen LogP contribution in [0.25, 0.3) is 0 Å². The van der Waals surface area contributed by atoms with Crippen molar-refractivity contribution in [1.29, 1.82) is 0 Å². The zero-order valence-electron chi connectivity index (χ0n) is 5.80. The molecule has 0 saturated carbocycles. The van der Waals surface area contributed by atoms with Crippen LogP contribution >= 0.6 is 0 Å². The molecule has 0 aliphatic rings. The van der Waals surface area contributed by atoms with Gasteiger partial charge < -0.3 is 12.4 Å². The van der Waals surface area contributed by atoms with Crippen molar-refractivity contribution in [3.05, 3.63) is 0 Å². The molecule has 34 valence electrons. The zero-order chi connectivity index (χ0) is 3.58. The van der Waals surface area contributed by atoms with Crippen molar-refractivity contribution in [2.24, 2.45) is 0 Å². The second-order valence-electron chi connectivity index (χ2n) is 0.283. The van der Waals surface area contributed by atoms with Crippen molar-refractivity contribution < 1.29 is 97.8 Å². The molecular formula is H7AlKNaO3Si. The van der Waals surface area contributed by atoms with Crippen molar-refractivity contribution in [2.45, 2.75) is 0 Å². The fraction of sp³-hybridized carbons (Fsp3) is 0. The van der Waals surface area contributed by atoms with Gasteiger partial charge in [-0.15, -0.1) is 0 Å². The van der Waals surface area contributed by atoms with Crippen molar-refractivity contribution in [3.8, 4) is 0 Å². The molecule has 0 aromatic heterocycles. The number of hydrogen-bond acceptors (Lipinski definition) is 1. The fourth-order valence-corrected chi connectivity index (χ4v) is 0. The summed E-state index contributed by atoms with van der Waals surface area (Å²) in [4.78, 5) is 14.3. The minimum Gasteiger partial charge on any atom is -1.00 e. The molecule has 0 radical (unpaired) electrons. The van der Waals surface area contributed by atoms with E-state index in [1.165, 1.54) is 0 Å². The van der Waals surface area contributed by atoms with E-state index < -0.39 is 9.17 Å². The van der Waals surface area contributed by atoms with Crippen LogP contribution in [0.15, 0.2) is 0 Å². The van der Waals surface area contributed by atoms with E-state index in [4.69, 9.17) is 14.1 Å². The first-order valence-electron chi connectivity index (χ1n) is 0.651. The van der Waals surface area contributed by atoms with Gasteiger partial charge in [0.25, 0.3) is 0 Å². The molecule has 0 fully saturated rings.